The molecule has 4 heteroatoms. The molecule has 0 aromatic rings. The van der Waals surface area contributed by atoms with E-state index in [1.165, 1.54) is 7.11 Å². The molecule has 1 heterocycles. The fraction of sp³-hybridized carbons (Fsp3) is 0.900. The SMILES string of the molecule is COCCC(C)N1CCC1C(=O)OC. The second-order valence-electron chi connectivity index (χ2n) is 3.70. The first kappa shape index (κ1) is 11.5. The number of likely N-dealkylation sites (tertiary alicyclic amines) is 1. The third kappa shape index (κ3) is 2.45. The molecule has 1 fully saturated rings. The number of hydrogen-bond acceptors (Lipinski definition) is 4. The molecule has 1 saturated heterocycles. The molecule has 82 valence electrons. The van der Waals surface area contributed by atoms with E-state index >= 15 is 0 Å². The van der Waals surface area contributed by atoms with Gasteiger partial charge in [-0.25, -0.2) is 0 Å². The number of ether oxygens (including phenoxy) is 2. The molecule has 14 heavy (non-hydrogen) atoms. The summed E-state index contributed by atoms with van der Waals surface area (Å²) < 4.78 is 9.74. The maximum atomic E-state index is 11.3. The molecule has 4 nitrogen and oxygen atoms in total. The molecule has 0 radical (unpaired) electrons. The molecule has 0 aromatic heterocycles. The average molecular weight is 201 g/mol. The second kappa shape index (κ2) is 5.32. The van der Waals surface area contributed by atoms with E-state index in [0.29, 0.717) is 6.04 Å². The third-order valence-electron chi connectivity index (χ3n) is 2.84. The highest BCUT2D eigenvalue weighted by Gasteiger charge is 2.37. The minimum atomic E-state index is -0.111. The number of carbonyl (C=O) groups is 1. The van der Waals surface area contributed by atoms with Crippen LogP contribution in [0.4, 0.5) is 0 Å². The summed E-state index contributed by atoms with van der Waals surface area (Å²) in [6.45, 7) is 3.85. The lowest BCUT2D eigenvalue weighted by atomic mass is 9.99. The number of hydrogen-bond donors (Lipinski definition) is 0. The van der Waals surface area contributed by atoms with Gasteiger partial charge in [-0.1, -0.05) is 0 Å². The predicted molar refractivity (Wildman–Crippen MR) is 53.1 cm³/mol. The minimum absolute atomic E-state index is 0.0214. The van der Waals surface area contributed by atoms with Crippen LogP contribution in [0, 0.1) is 0 Å². The van der Waals surface area contributed by atoms with E-state index in [1.807, 2.05) is 0 Å². The lowest BCUT2D eigenvalue weighted by Gasteiger charge is -2.42. The van der Waals surface area contributed by atoms with Crippen LogP contribution >= 0.6 is 0 Å². The summed E-state index contributed by atoms with van der Waals surface area (Å²) in [6, 6.07) is 0.375. The van der Waals surface area contributed by atoms with Crippen molar-refractivity contribution in [3.05, 3.63) is 0 Å². The van der Waals surface area contributed by atoms with Crippen LogP contribution in [0.5, 0.6) is 0 Å². The standard InChI is InChI=1S/C10H19NO3/c1-8(5-7-13-2)11-6-4-9(11)10(12)14-3/h8-9H,4-7H2,1-3H3. The molecule has 1 aliphatic heterocycles. The molecule has 1 aliphatic rings. The van der Waals surface area contributed by atoms with Gasteiger partial charge in [0.25, 0.3) is 0 Å². The summed E-state index contributed by atoms with van der Waals surface area (Å²) in [5.41, 5.74) is 0. The lowest BCUT2D eigenvalue weighted by molar-refractivity contribution is -0.153. The van der Waals surface area contributed by atoms with Gasteiger partial charge in [-0.05, 0) is 19.8 Å². The summed E-state index contributed by atoms with van der Waals surface area (Å²) in [5.74, 6) is -0.111. The van der Waals surface area contributed by atoms with Crippen molar-refractivity contribution in [2.75, 3.05) is 27.4 Å². The quantitative estimate of drug-likeness (QED) is 0.612. The highest BCUT2D eigenvalue weighted by molar-refractivity contribution is 5.76. The van der Waals surface area contributed by atoms with E-state index in [-0.39, 0.29) is 12.0 Å². The van der Waals surface area contributed by atoms with Crippen LogP contribution in [0.2, 0.25) is 0 Å². The molecule has 0 bridgehead atoms. The minimum Gasteiger partial charge on any atom is -0.468 e. The Morgan fingerprint density at radius 2 is 2.29 bits per heavy atom. The molecule has 0 saturated carbocycles. The van der Waals surface area contributed by atoms with Gasteiger partial charge in [-0.3, -0.25) is 9.69 Å². The molecule has 0 spiro atoms. The Morgan fingerprint density at radius 3 is 2.71 bits per heavy atom. The fourth-order valence-electron chi connectivity index (χ4n) is 1.78. The Hall–Kier alpha value is -0.610. The molecule has 2 unspecified atom stereocenters. The maximum Gasteiger partial charge on any atom is 0.323 e. The molecule has 0 N–H and O–H groups in total. The zero-order chi connectivity index (χ0) is 10.6. The molecular formula is C10H19NO3. The maximum absolute atomic E-state index is 11.3. The Balaban J connectivity index is 2.33. The van der Waals surface area contributed by atoms with Gasteiger partial charge in [-0.15, -0.1) is 0 Å². The van der Waals surface area contributed by atoms with Gasteiger partial charge in [0.05, 0.1) is 7.11 Å². The van der Waals surface area contributed by atoms with Gasteiger partial charge in [0.1, 0.15) is 6.04 Å². The Morgan fingerprint density at radius 1 is 1.57 bits per heavy atom. The first-order valence-electron chi connectivity index (χ1n) is 5.03. The van der Waals surface area contributed by atoms with Crippen LogP contribution in [-0.4, -0.2) is 50.3 Å². The Kier molecular flexibility index (Phi) is 4.35. The van der Waals surface area contributed by atoms with Crippen molar-refractivity contribution in [1.82, 2.24) is 4.90 Å². The summed E-state index contributed by atoms with van der Waals surface area (Å²) in [4.78, 5) is 13.5. The summed E-state index contributed by atoms with van der Waals surface area (Å²) in [5, 5.41) is 0. The van der Waals surface area contributed by atoms with E-state index in [4.69, 9.17) is 9.47 Å². The van der Waals surface area contributed by atoms with E-state index in [0.717, 1.165) is 26.0 Å². The number of methoxy groups -OCH3 is 2. The van der Waals surface area contributed by atoms with Gasteiger partial charge < -0.3 is 9.47 Å². The van der Waals surface area contributed by atoms with Crippen LogP contribution in [0.25, 0.3) is 0 Å². The Labute approximate surface area is 85.2 Å². The molecule has 0 aliphatic carbocycles. The third-order valence-corrected chi connectivity index (χ3v) is 2.84. The van der Waals surface area contributed by atoms with Crippen molar-refractivity contribution < 1.29 is 14.3 Å². The topological polar surface area (TPSA) is 38.8 Å². The first-order chi connectivity index (χ1) is 6.70. The molecule has 0 aromatic carbocycles. The van der Waals surface area contributed by atoms with Crippen molar-refractivity contribution >= 4 is 5.97 Å². The van der Waals surface area contributed by atoms with Gasteiger partial charge in [0.2, 0.25) is 0 Å². The lowest BCUT2D eigenvalue weighted by Crippen LogP contribution is -2.56. The van der Waals surface area contributed by atoms with Crippen molar-refractivity contribution in [2.24, 2.45) is 0 Å². The predicted octanol–water partition coefficient (Wildman–Crippen LogP) is 0.659. The normalized spacial score (nSPS) is 24.1. The molecule has 2 atom stereocenters. The van der Waals surface area contributed by atoms with E-state index in [1.54, 1.807) is 7.11 Å². The number of esters is 1. The zero-order valence-electron chi connectivity index (χ0n) is 9.16. The Bertz CT molecular complexity index is 196. The van der Waals surface area contributed by atoms with E-state index in [9.17, 15) is 4.79 Å². The van der Waals surface area contributed by atoms with Crippen molar-refractivity contribution in [2.45, 2.75) is 31.8 Å². The van der Waals surface area contributed by atoms with Gasteiger partial charge >= 0.3 is 5.97 Å². The average Bonchev–Trinajstić information content (AvgIpc) is 2.12. The van der Waals surface area contributed by atoms with Crippen molar-refractivity contribution in [1.29, 1.82) is 0 Å². The fourth-order valence-corrected chi connectivity index (χ4v) is 1.78. The van der Waals surface area contributed by atoms with Crippen LogP contribution in [-0.2, 0) is 14.3 Å². The monoisotopic (exact) mass is 201 g/mol. The van der Waals surface area contributed by atoms with Gasteiger partial charge in [0.15, 0.2) is 0 Å². The van der Waals surface area contributed by atoms with Crippen molar-refractivity contribution in [3.8, 4) is 0 Å². The number of nitrogens with zero attached hydrogens (tertiary/aromatic N) is 1. The molecular weight excluding hydrogens is 182 g/mol. The highest BCUT2D eigenvalue weighted by atomic mass is 16.5. The van der Waals surface area contributed by atoms with E-state index in [2.05, 4.69) is 11.8 Å². The van der Waals surface area contributed by atoms with Gasteiger partial charge in [0, 0.05) is 26.3 Å². The molecule has 0 amide bonds. The molecule has 1 rings (SSSR count). The summed E-state index contributed by atoms with van der Waals surface area (Å²) >= 11 is 0. The highest BCUT2D eigenvalue weighted by Crippen LogP contribution is 2.22. The zero-order valence-corrected chi connectivity index (χ0v) is 9.16. The van der Waals surface area contributed by atoms with E-state index < -0.39 is 0 Å². The smallest absolute Gasteiger partial charge is 0.323 e. The number of rotatable bonds is 5. The van der Waals surface area contributed by atoms with Gasteiger partial charge in [-0.2, -0.15) is 0 Å². The first-order valence-corrected chi connectivity index (χ1v) is 5.03. The largest absolute Gasteiger partial charge is 0.468 e. The second-order valence-corrected chi connectivity index (χ2v) is 3.70. The van der Waals surface area contributed by atoms with Crippen molar-refractivity contribution in [3.63, 3.8) is 0 Å². The number of carbonyl (C=O) groups excluding carboxylic acids is 1. The van der Waals surface area contributed by atoms with Crippen LogP contribution in [0.3, 0.4) is 0 Å². The van der Waals surface area contributed by atoms with Crippen LogP contribution in [0.15, 0.2) is 0 Å². The summed E-state index contributed by atoms with van der Waals surface area (Å²) in [6.07, 6.45) is 1.88. The van der Waals surface area contributed by atoms with Crippen LogP contribution in [0.1, 0.15) is 19.8 Å². The summed E-state index contributed by atoms with van der Waals surface area (Å²) in [7, 11) is 3.14. The van der Waals surface area contributed by atoms with Crippen LogP contribution < -0.4 is 0 Å².